The summed E-state index contributed by atoms with van der Waals surface area (Å²) in [6.45, 7) is 1.88. The molecule has 1 aliphatic heterocycles. The first kappa shape index (κ1) is 16.1. The third-order valence-electron chi connectivity index (χ3n) is 4.00. The Balaban J connectivity index is 1.98. The summed E-state index contributed by atoms with van der Waals surface area (Å²) < 4.78 is 16.1. The lowest BCUT2D eigenvalue weighted by atomic mass is 9.88. The van der Waals surface area contributed by atoms with E-state index in [4.69, 9.17) is 14.2 Å². The molecule has 1 unspecified atom stereocenters. The molecule has 0 saturated carbocycles. The van der Waals surface area contributed by atoms with Gasteiger partial charge in [-0.1, -0.05) is 24.3 Å². The molecule has 0 amide bonds. The molecule has 5 heteroatoms. The third-order valence-corrected chi connectivity index (χ3v) is 4.00. The van der Waals surface area contributed by atoms with E-state index in [-0.39, 0.29) is 18.8 Å². The summed E-state index contributed by atoms with van der Waals surface area (Å²) in [6.07, 6.45) is 0.101. The second-order valence-corrected chi connectivity index (χ2v) is 5.50. The molecule has 5 nitrogen and oxygen atoms in total. The van der Waals surface area contributed by atoms with Gasteiger partial charge < -0.3 is 14.2 Å². The number of carbonyl (C=O) groups excluding carboxylic acids is 2. The summed E-state index contributed by atoms with van der Waals surface area (Å²) in [4.78, 5) is 25.5. The minimum absolute atomic E-state index is 0.101. The monoisotopic (exact) mass is 326 g/mol. The molecule has 0 aromatic heterocycles. The van der Waals surface area contributed by atoms with Crippen molar-refractivity contribution >= 4 is 11.8 Å². The summed E-state index contributed by atoms with van der Waals surface area (Å²) in [5.74, 6) is 0.0735. The van der Waals surface area contributed by atoms with E-state index in [1.807, 2.05) is 0 Å². The van der Waals surface area contributed by atoms with Crippen molar-refractivity contribution in [1.82, 2.24) is 0 Å². The molecule has 1 atom stereocenters. The first-order valence-electron chi connectivity index (χ1n) is 7.73. The lowest BCUT2D eigenvalue weighted by Gasteiger charge is -2.25. The number of Topliss-reactive ketones (excluding diaryl/α,β-unsaturated/α-hetero) is 1. The van der Waals surface area contributed by atoms with Crippen LogP contribution in [0, 0.1) is 0 Å². The number of para-hydroxylation sites is 1. The van der Waals surface area contributed by atoms with E-state index in [1.165, 1.54) is 0 Å². The van der Waals surface area contributed by atoms with Crippen molar-refractivity contribution in [1.29, 1.82) is 0 Å². The molecule has 24 heavy (non-hydrogen) atoms. The highest BCUT2D eigenvalue weighted by Gasteiger charge is 2.55. The van der Waals surface area contributed by atoms with Crippen LogP contribution in [0.2, 0.25) is 0 Å². The number of esters is 1. The fourth-order valence-corrected chi connectivity index (χ4v) is 2.80. The molecule has 3 rings (SSSR count). The molecule has 0 N–H and O–H groups in total. The summed E-state index contributed by atoms with van der Waals surface area (Å²) >= 11 is 0. The molecule has 2 aromatic carbocycles. The standard InChI is InChI=1S/C19H18O5/c1-3-23-18(21)19(12-13-8-10-14(22-2)11-9-13)17(20)15-6-4-5-7-16(15)24-19/h4-11H,3,12H2,1-2H3. The van der Waals surface area contributed by atoms with Gasteiger partial charge in [0.2, 0.25) is 5.78 Å². The van der Waals surface area contributed by atoms with Crippen LogP contribution in [0.3, 0.4) is 0 Å². The number of carbonyl (C=O) groups is 2. The predicted octanol–water partition coefficient (Wildman–Crippen LogP) is 2.81. The van der Waals surface area contributed by atoms with Crippen molar-refractivity contribution in [3.05, 3.63) is 59.7 Å². The van der Waals surface area contributed by atoms with Crippen LogP contribution in [-0.4, -0.2) is 31.1 Å². The van der Waals surface area contributed by atoms with Gasteiger partial charge in [-0.25, -0.2) is 4.79 Å². The zero-order valence-electron chi connectivity index (χ0n) is 13.6. The maximum Gasteiger partial charge on any atom is 0.359 e. The number of rotatable bonds is 5. The number of hydrogen-bond donors (Lipinski definition) is 0. The Hall–Kier alpha value is -2.82. The Kier molecular flexibility index (Phi) is 4.25. The molecule has 0 spiro atoms. The zero-order chi connectivity index (χ0) is 17.2. The van der Waals surface area contributed by atoms with Gasteiger partial charge in [0, 0.05) is 6.42 Å². The van der Waals surface area contributed by atoms with Gasteiger partial charge in [-0.15, -0.1) is 0 Å². The number of fused-ring (bicyclic) bond motifs is 1. The Morgan fingerprint density at radius 1 is 1.12 bits per heavy atom. The van der Waals surface area contributed by atoms with Crippen LogP contribution >= 0.6 is 0 Å². The van der Waals surface area contributed by atoms with E-state index in [1.54, 1.807) is 62.6 Å². The molecule has 0 radical (unpaired) electrons. The van der Waals surface area contributed by atoms with Gasteiger partial charge in [0.1, 0.15) is 11.5 Å². The summed E-state index contributed by atoms with van der Waals surface area (Å²) in [5.41, 5.74) is -0.488. The number of ether oxygens (including phenoxy) is 3. The lowest BCUT2D eigenvalue weighted by Crippen LogP contribution is -2.51. The van der Waals surface area contributed by atoms with Crippen LogP contribution in [0.5, 0.6) is 11.5 Å². The first-order chi connectivity index (χ1) is 11.6. The molecule has 0 bridgehead atoms. The van der Waals surface area contributed by atoms with E-state index in [0.29, 0.717) is 17.1 Å². The van der Waals surface area contributed by atoms with Gasteiger partial charge in [0.25, 0.3) is 5.60 Å². The third kappa shape index (κ3) is 2.62. The van der Waals surface area contributed by atoms with Crippen LogP contribution < -0.4 is 9.47 Å². The van der Waals surface area contributed by atoms with E-state index >= 15 is 0 Å². The lowest BCUT2D eigenvalue weighted by molar-refractivity contribution is -0.156. The number of benzene rings is 2. The average molecular weight is 326 g/mol. The molecule has 124 valence electrons. The van der Waals surface area contributed by atoms with Crippen molar-refractivity contribution < 1.29 is 23.8 Å². The first-order valence-corrected chi connectivity index (χ1v) is 7.73. The summed E-state index contributed by atoms with van der Waals surface area (Å²) in [7, 11) is 1.58. The van der Waals surface area contributed by atoms with Crippen molar-refractivity contribution in [2.45, 2.75) is 18.9 Å². The summed E-state index contributed by atoms with van der Waals surface area (Å²) in [5, 5.41) is 0. The number of ketones is 1. The van der Waals surface area contributed by atoms with E-state index < -0.39 is 11.6 Å². The van der Waals surface area contributed by atoms with Gasteiger partial charge in [-0.3, -0.25) is 4.79 Å². The SMILES string of the molecule is CCOC(=O)C1(Cc2ccc(OC)cc2)Oc2ccccc2C1=O. The van der Waals surface area contributed by atoms with Crippen molar-refractivity contribution in [3.63, 3.8) is 0 Å². The Morgan fingerprint density at radius 2 is 1.83 bits per heavy atom. The van der Waals surface area contributed by atoms with Gasteiger partial charge in [-0.2, -0.15) is 0 Å². The highest BCUT2D eigenvalue weighted by atomic mass is 16.6. The highest BCUT2D eigenvalue weighted by molar-refractivity contribution is 6.19. The van der Waals surface area contributed by atoms with Crippen LogP contribution in [0.25, 0.3) is 0 Å². The Morgan fingerprint density at radius 3 is 2.46 bits per heavy atom. The van der Waals surface area contributed by atoms with Crippen LogP contribution in [0.1, 0.15) is 22.8 Å². The predicted molar refractivity (Wildman–Crippen MR) is 87.5 cm³/mol. The molecule has 1 aliphatic rings. The zero-order valence-corrected chi connectivity index (χ0v) is 13.6. The van der Waals surface area contributed by atoms with Gasteiger partial charge >= 0.3 is 5.97 Å². The van der Waals surface area contributed by atoms with E-state index in [2.05, 4.69) is 0 Å². The van der Waals surface area contributed by atoms with Gasteiger partial charge in [0.15, 0.2) is 0 Å². The second kappa shape index (κ2) is 6.35. The van der Waals surface area contributed by atoms with Crippen LogP contribution in [-0.2, 0) is 16.0 Å². The normalized spacial score (nSPS) is 18.7. The van der Waals surface area contributed by atoms with Crippen molar-refractivity contribution in [2.75, 3.05) is 13.7 Å². The highest BCUT2D eigenvalue weighted by Crippen LogP contribution is 2.38. The minimum Gasteiger partial charge on any atom is -0.497 e. The van der Waals surface area contributed by atoms with Gasteiger partial charge in [-0.05, 0) is 36.8 Å². The van der Waals surface area contributed by atoms with Crippen LogP contribution in [0.4, 0.5) is 0 Å². The quantitative estimate of drug-likeness (QED) is 0.624. The number of hydrogen-bond acceptors (Lipinski definition) is 5. The van der Waals surface area contributed by atoms with Crippen molar-refractivity contribution in [2.24, 2.45) is 0 Å². The van der Waals surface area contributed by atoms with Gasteiger partial charge in [0.05, 0.1) is 19.3 Å². The second-order valence-electron chi connectivity index (χ2n) is 5.50. The average Bonchev–Trinajstić information content (AvgIpc) is 2.89. The van der Waals surface area contributed by atoms with Crippen LogP contribution in [0.15, 0.2) is 48.5 Å². The van der Waals surface area contributed by atoms with Crippen molar-refractivity contribution in [3.8, 4) is 11.5 Å². The molecular formula is C19H18O5. The Bertz CT molecular complexity index is 766. The molecule has 0 saturated heterocycles. The fraction of sp³-hybridized carbons (Fsp3) is 0.263. The minimum atomic E-state index is -1.67. The molecule has 0 fully saturated rings. The van der Waals surface area contributed by atoms with E-state index in [9.17, 15) is 9.59 Å². The number of methoxy groups -OCH3 is 1. The molecule has 0 aliphatic carbocycles. The molecule has 1 heterocycles. The fourth-order valence-electron chi connectivity index (χ4n) is 2.80. The maximum absolute atomic E-state index is 12.9. The smallest absolute Gasteiger partial charge is 0.359 e. The largest absolute Gasteiger partial charge is 0.497 e. The Labute approximate surface area is 140 Å². The molecule has 2 aromatic rings. The molecular weight excluding hydrogens is 308 g/mol. The summed E-state index contributed by atoms with van der Waals surface area (Å²) in [6, 6.07) is 14.0. The maximum atomic E-state index is 12.9. The topological polar surface area (TPSA) is 61.8 Å². The van der Waals surface area contributed by atoms with E-state index in [0.717, 1.165) is 5.56 Å².